The quantitative estimate of drug-likeness (QED) is 0.631. The molecule has 98 valence electrons. The van der Waals surface area contributed by atoms with Crippen molar-refractivity contribution in [3.8, 4) is 11.6 Å². The molecule has 19 heavy (non-hydrogen) atoms. The largest absolute Gasteiger partial charge is 0.462 e. The minimum absolute atomic E-state index is 0.0619. The van der Waals surface area contributed by atoms with E-state index in [2.05, 4.69) is 4.98 Å². The Balaban J connectivity index is 2.17. The third-order valence-corrected chi connectivity index (χ3v) is 2.57. The van der Waals surface area contributed by atoms with Gasteiger partial charge in [-0.1, -0.05) is 29.8 Å². The van der Waals surface area contributed by atoms with Crippen LogP contribution in [0.3, 0.4) is 0 Å². The molecule has 0 saturated carbocycles. The number of esters is 1. The number of nitrogens with zero attached hydrogens (tertiary/aromatic N) is 1. The first-order chi connectivity index (χ1) is 9.20. The fraction of sp³-hybridized carbons (Fsp3) is 0.143. The zero-order valence-corrected chi connectivity index (χ0v) is 11.1. The van der Waals surface area contributed by atoms with Gasteiger partial charge < -0.3 is 9.47 Å². The van der Waals surface area contributed by atoms with Gasteiger partial charge in [0.15, 0.2) is 0 Å². The highest BCUT2D eigenvalue weighted by atomic mass is 35.5. The van der Waals surface area contributed by atoms with E-state index in [9.17, 15) is 4.79 Å². The highest BCUT2D eigenvalue weighted by Crippen LogP contribution is 2.23. The summed E-state index contributed by atoms with van der Waals surface area (Å²) >= 11 is 5.93. The number of carbonyl (C=O) groups excluding carboxylic acids is 1. The van der Waals surface area contributed by atoms with Crippen LogP contribution in [0.1, 0.15) is 17.3 Å². The molecule has 1 aromatic carbocycles. The molecule has 2 aromatic rings. The number of benzene rings is 1. The number of ether oxygens (including phenoxy) is 2. The second-order valence-corrected chi connectivity index (χ2v) is 3.98. The van der Waals surface area contributed by atoms with Gasteiger partial charge in [0.1, 0.15) is 10.9 Å². The summed E-state index contributed by atoms with van der Waals surface area (Å²) in [6.07, 6.45) is 0. The van der Waals surface area contributed by atoms with E-state index in [1.807, 2.05) is 18.2 Å². The van der Waals surface area contributed by atoms with Gasteiger partial charge in [0.25, 0.3) is 0 Å². The minimum atomic E-state index is -0.494. The molecule has 0 aliphatic rings. The monoisotopic (exact) mass is 277 g/mol. The summed E-state index contributed by atoms with van der Waals surface area (Å²) in [6, 6.07) is 12.3. The topological polar surface area (TPSA) is 48.4 Å². The maximum Gasteiger partial charge on any atom is 0.341 e. The van der Waals surface area contributed by atoms with Gasteiger partial charge in [-0.25, -0.2) is 9.78 Å². The van der Waals surface area contributed by atoms with E-state index in [1.165, 1.54) is 6.07 Å². The minimum Gasteiger partial charge on any atom is -0.462 e. The van der Waals surface area contributed by atoms with Gasteiger partial charge in [0, 0.05) is 6.07 Å². The number of aromatic nitrogens is 1. The highest BCUT2D eigenvalue weighted by Gasteiger charge is 2.13. The number of para-hydroxylation sites is 1. The Hall–Kier alpha value is -2.07. The van der Waals surface area contributed by atoms with Gasteiger partial charge in [-0.15, -0.1) is 0 Å². The van der Waals surface area contributed by atoms with Gasteiger partial charge in [0.05, 0.1) is 12.2 Å². The van der Waals surface area contributed by atoms with E-state index in [0.29, 0.717) is 11.6 Å². The molecule has 0 amide bonds. The lowest BCUT2D eigenvalue weighted by atomic mass is 10.3. The van der Waals surface area contributed by atoms with E-state index >= 15 is 0 Å². The third-order valence-electron chi connectivity index (χ3n) is 2.28. The van der Waals surface area contributed by atoms with E-state index in [4.69, 9.17) is 21.1 Å². The second kappa shape index (κ2) is 6.20. The Morgan fingerprint density at radius 3 is 2.58 bits per heavy atom. The van der Waals surface area contributed by atoms with Gasteiger partial charge in [-0.3, -0.25) is 0 Å². The lowest BCUT2D eigenvalue weighted by Crippen LogP contribution is -2.06. The molecule has 0 aliphatic heterocycles. The Kier molecular flexibility index (Phi) is 4.36. The zero-order valence-electron chi connectivity index (χ0n) is 10.3. The summed E-state index contributed by atoms with van der Waals surface area (Å²) < 4.78 is 10.4. The number of halogens is 1. The Bertz CT molecular complexity index is 572. The number of hydrogen-bond acceptors (Lipinski definition) is 4. The van der Waals surface area contributed by atoms with E-state index in [0.717, 1.165) is 0 Å². The van der Waals surface area contributed by atoms with Crippen molar-refractivity contribution in [2.24, 2.45) is 0 Å². The fourth-order valence-corrected chi connectivity index (χ4v) is 1.67. The summed E-state index contributed by atoms with van der Waals surface area (Å²) in [7, 11) is 0. The van der Waals surface area contributed by atoms with Gasteiger partial charge >= 0.3 is 5.97 Å². The van der Waals surface area contributed by atoms with Crippen molar-refractivity contribution in [2.45, 2.75) is 6.92 Å². The Labute approximate surface area is 115 Å². The summed E-state index contributed by atoms with van der Waals surface area (Å²) in [5.74, 6) is 0.477. The van der Waals surface area contributed by atoms with Crippen molar-refractivity contribution in [1.29, 1.82) is 0 Å². The molecule has 1 heterocycles. The van der Waals surface area contributed by atoms with Crippen LogP contribution in [0.2, 0.25) is 5.15 Å². The van der Waals surface area contributed by atoms with Crippen molar-refractivity contribution in [3.05, 3.63) is 53.2 Å². The van der Waals surface area contributed by atoms with Crippen LogP contribution in [-0.2, 0) is 4.74 Å². The molecule has 0 radical (unpaired) electrons. The first-order valence-corrected chi connectivity index (χ1v) is 6.15. The molecule has 1 aromatic heterocycles. The SMILES string of the molecule is CCOC(=O)c1ccc(Oc2ccccc2)nc1Cl. The summed E-state index contributed by atoms with van der Waals surface area (Å²) in [5, 5.41) is 0.0619. The Morgan fingerprint density at radius 1 is 1.21 bits per heavy atom. The number of pyridine rings is 1. The normalized spacial score (nSPS) is 10.0. The van der Waals surface area contributed by atoms with Crippen LogP contribution >= 0.6 is 11.6 Å². The van der Waals surface area contributed by atoms with Gasteiger partial charge in [0.2, 0.25) is 5.88 Å². The lowest BCUT2D eigenvalue weighted by Gasteiger charge is -2.07. The van der Waals surface area contributed by atoms with Crippen LogP contribution in [0.4, 0.5) is 0 Å². The van der Waals surface area contributed by atoms with E-state index in [-0.39, 0.29) is 17.3 Å². The molecule has 0 fully saturated rings. The summed E-state index contributed by atoms with van der Waals surface area (Å²) in [6.45, 7) is 2.02. The average Bonchev–Trinajstić information content (AvgIpc) is 2.40. The molecule has 0 saturated heterocycles. The predicted octanol–water partition coefficient (Wildman–Crippen LogP) is 3.70. The van der Waals surface area contributed by atoms with Crippen LogP contribution in [0.5, 0.6) is 11.6 Å². The number of rotatable bonds is 4. The van der Waals surface area contributed by atoms with Gasteiger partial charge in [-0.2, -0.15) is 0 Å². The molecule has 2 rings (SSSR count). The summed E-state index contributed by atoms with van der Waals surface area (Å²) in [5.41, 5.74) is 0.226. The Morgan fingerprint density at radius 2 is 1.95 bits per heavy atom. The van der Waals surface area contributed by atoms with Crippen molar-refractivity contribution in [1.82, 2.24) is 4.98 Å². The molecule has 0 atom stereocenters. The zero-order chi connectivity index (χ0) is 13.7. The molecule has 0 bridgehead atoms. The van der Waals surface area contributed by atoms with Crippen molar-refractivity contribution >= 4 is 17.6 Å². The molecule has 0 N–H and O–H groups in total. The average molecular weight is 278 g/mol. The van der Waals surface area contributed by atoms with Crippen molar-refractivity contribution in [3.63, 3.8) is 0 Å². The molecule has 0 aliphatic carbocycles. The highest BCUT2D eigenvalue weighted by molar-refractivity contribution is 6.32. The number of hydrogen-bond donors (Lipinski definition) is 0. The van der Waals surface area contributed by atoms with Crippen molar-refractivity contribution < 1.29 is 14.3 Å². The first kappa shape index (κ1) is 13.4. The van der Waals surface area contributed by atoms with Crippen LogP contribution < -0.4 is 4.74 Å². The second-order valence-electron chi connectivity index (χ2n) is 3.62. The molecular formula is C14H12ClNO3. The summed E-state index contributed by atoms with van der Waals surface area (Å²) in [4.78, 5) is 15.6. The molecule has 0 spiro atoms. The van der Waals surface area contributed by atoms with Crippen LogP contribution in [0, 0.1) is 0 Å². The standard InChI is InChI=1S/C14H12ClNO3/c1-2-18-14(17)11-8-9-12(16-13(11)15)19-10-6-4-3-5-7-10/h3-9H,2H2,1H3. The maximum absolute atomic E-state index is 11.5. The van der Waals surface area contributed by atoms with Crippen LogP contribution in [0.25, 0.3) is 0 Å². The fourth-order valence-electron chi connectivity index (χ4n) is 1.44. The van der Waals surface area contributed by atoms with Crippen LogP contribution in [0.15, 0.2) is 42.5 Å². The van der Waals surface area contributed by atoms with Crippen molar-refractivity contribution in [2.75, 3.05) is 6.61 Å². The smallest absolute Gasteiger partial charge is 0.341 e. The van der Waals surface area contributed by atoms with Crippen LogP contribution in [-0.4, -0.2) is 17.6 Å². The lowest BCUT2D eigenvalue weighted by molar-refractivity contribution is 0.0526. The molecule has 5 heteroatoms. The van der Waals surface area contributed by atoms with E-state index < -0.39 is 5.97 Å². The number of carbonyl (C=O) groups is 1. The molecule has 4 nitrogen and oxygen atoms in total. The predicted molar refractivity (Wildman–Crippen MR) is 71.7 cm³/mol. The maximum atomic E-state index is 11.5. The molecular weight excluding hydrogens is 266 g/mol. The van der Waals surface area contributed by atoms with E-state index in [1.54, 1.807) is 25.1 Å². The van der Waals surface area contributed by atoms with Gasteiger partial charge in [-0.05, 0) is 25.1 Å². The first-order valence-electron chi connectivity index (χ1n) is 5.77. The molecule has 0 unspecified atom stereocenters. The third kappa shape index (κ3) is 3.45.